The van der Waals surface area contributed by atoms with Crippen molar-refractivity contribution in [3.63, 3.8) is 0 Å². The number of hydrogen-bond acceptors (Lipinski definition) is 4. The summed E-state index contributed by atoms with van der Waals surface area (Å²) in [6, 6.07) is 12.2. The minimum absolute atomic E-state index is 0.103. The van der Waals surface area contributed by atoms with Gasteiger partial charge in [0.1, 0.15) is 5.75 Å². The molecule has 1 amide bonds. The van der Waals surface area contributed by atoms with Crippen LogP contribution in [0.2, 0.25) is 0 Å². The number of ether oxygens (including phenoxy) is 1. The largest absolute Gasteiger partial charge is 0.503 e. The lowest BCUT2D eigenvalue weighted by Gasteiger charge is -2.29. The zero-order valence-electron chi connectivity index (χ0n) is 17.5. The number of rotatable bonds is 6. The Balaban J connectivity index is 2.25. The van der Waals surface area contributed by atoms with E-state index in [1.165, 1.54) is 4.90 Å². The molecule has 0 spiro atoms. The predicted octanol–water partition coefficient (Wildman–Crippen LogP) is 4.83. The van der Waals surface area contributed by atoms with Gasteiger partial charge in [0.25, 0.3) is 5.91 Å². The molecule has 1 atom stereocenters. The van der Waals surface area contributed by atoms with E-state index in [0.29, 0.717) is 17.0 Å². The Bertz CT molecular complexity index is 990. The summed E-state index contributed by atoms with van der Waals surface area (Å²) in [6.07, 6.45) is 0.249. The number of amides is 1. The summed E-state index contributed by atoms with van der Waals surface area (Å²) in [5.74, 6) is -0.611. The number of anilines is 1. The molecule has 0 aliphatic carbocycles. The van der Waals surface area contributed by atoms with E-state index in [1.807, 2.05) is 64.1 Å². The fourth-order valence-electron chi connectivity index (χ4n) is 3.80. The van der Waals surface area contributed by atoms with Gasteiger partial charge in [0.05, 0.1) is 18.7 Å². The highest BCUT2D eigenvalue weighted by Gasteiger charge is 2.45. The lowest BCUT2D eigenvalue weighted by molar-refractivity contribution is -0.118. The monoisotopic (exact) mass is 393 g/mol. The number of hydrogen-bond donors (Lipinski definition) is 1. The summed E-state index contributed by atoms with van der Waals surface area (Å²) < 4.78 is 5.52. The Morgan fingerprint density at radius 1 is 1.14 bits per heavy atom. The quantitative estimate of drug-likeness (QED) is 0.763. The molecular formula is C24H27NO4. The van der Waals surface area contributed by atoms with Gasteiger partial charge in [0.2, 0.25) is 0 Å². The van der Waals surface area contributed by atoms with E-state index in [-0.39, 0.29) is 23.7 Å². The minimum atomic E-state index is -0.745. The second-order valence-corrected chi connectivity index (χ2v) is 7.82. The van der Waals surface area contributed by atoms with Gasteiger partial charge in [-0.3, -0.25) is 14.5 Å². The summed E-state index contributed by atoms with van der Waals surface area (Å²) in [4.78, 5) is 27.8. The van der Waals surface area contributed by atoms with Crippen molar-refractivity contribution in [2.75, 3.05) is 12.0 Å². The van der Waals surface area contributed by atoms with E-state index < -0.39 is 17.7 Å². The van der Waals surface area contributed by atoms with Crippen molar-refractivity contribution in [2.24, 2.45) is 5.92 Å². The van der Waals surface area contributed by atoms with Crippen LogP contribution in [0.4, 0.5) is 5.69 Å². The lowest BCUT2D eigenvalue weighted by atomic mass is 9.91. The number of benzene rings is 2. The van der Waals surface area contributed by atoms with Crippen molar-refractivity contribution in [2.45, 2.75) is 40.2 Å². The zero-order valence-corrected chi connectivity index (χ0v) is 17.5. The van der Waals surface area contributed by atoms with Crippen LogP contribution in [-0.4, -0.2) is 23.9 Å². The van der Waals surface area contributed by atoms with Gasteiger partial charge < -0.3 is 9.84 Å². The molecular weight excluding hydrogens is 366 g/mol. The second kappa shape index (κ2) is 8.11. The van der Waals surface area contributed by atoms with E-state index in [4.69, 9.17) is 4.74 Å². The summed E-state index contributed by atoms with van der Waals surface area (Å²) in [5.41, 5.74) is 3.42. The normalized spacial score (nSPS) is 16.7. The number of methoxy groups -OCH3 is 1. The van der Waals surface area contributed by atoms with Gasteiger partial charge in [0, 0.05) is 17.7 Å². The number of para-hydroxylation sites is 1. The molecule has 2 aromatic rings. The molecule has 5 heteroatoms. The third kappa shape index (κ3) is 3.65. The first-order valence-electron chi connectivity index (χ1n) is 9.76. The molecule has 0 fully saturated rings. The van der Waals surface area contributed by atoms with Gasteiger partial charge in [-0.15, -0.1) is 0 Å². The first kappa shape index (κ1) is 20.6. The van der Waals surface area contributed by atoms with Gasteiger partial charge >= 0.3 is 0 Å². The fourth-order valence-corrected chi connectivity index (χ4v) is 3.80. The number of carbonyl (C=O) groups is 2. The molecule has 5 nitrogen and oxygen atoms in total. The Kier molecular flexibility index (Phi) is 5.78. The van der Waals surface area contributed by atoms with Crippen LogP contribution in [-0.2, 0) is 9.59 Å². The van der Waals surface area contributed by atoms with Crippen molar-refractivity contribution in [1.29, 1.82) is 0 Å². The average molecular weight is 393 g/mol. The average Bonchev–Trinajstić information content (AvgIpc) is 2.94. The molecule has 0 bridgehead atoms. The van der Waals surface area contributed by atoms with Crippen LogP contribution in [0.3, 0.4) is 0 Å². The number of aliphatic hydroxyl groups is 1. The highest BCUT2D eigenvalue weighted by Crippen LogP contribution is 2.45. The summed E-state index contributed by atoms with van der Waals surface area (Å²) in [6.45, 7) is 7.78. The predicted molar refractivity (Wildman–Crippen MR) is 113 cm³/mol. The highest BCUT2D eigenvalue weighted by molar-refractivity contribution is 6.16. The van der Waals surface area contributed by atoms with Crippen LogP contribution >= 0.6 is 0 Å². The number of Topliss-reactive ketones (excluding diaryl/α,β-unsaturated/α-hetero) is 1. The molecule has 3 rings (SSSR count). The summed E-state index contributed by atoms with van der Waals surface area (Å²) >= 11 is 0. The maximum absolute atomic E-state index is 13.2. The van der Waals surface area contributed by atoms with Gasteiger partial charge in [-0.1, -0.05) is 44.2 Å². The minimum Gasteiger partial charge on any atom is -0.503 e. The molecule has 1 heterocycles. The Morgan fingerprint density at radius 3 is 2.48 bits per heavy atom. The van der Waals surface area contributed by atoms with Crippen LogP contribution in [0, 0.1) is 19.8 Å². The molecule has 0 saturated heterocycles. The summed E-state index contributed by atoms with van der Waals surface area (Å²) in [7, 11) is 1.55. The molecule has 152 valence electrons. The second-order valence-electron chi connectivity index (χ2n) is 7.82. The number of ketones is 1. The van der Waals surface area contributed by atoms with Gasteiger partial charge in [0.15, 0.2) is 11.5 Å². The Hall–Kier alpha value is -3.08. The SMILES string of the molecule is COc1ccccc1C1C(C(=O)CC(C)C)=C(O)C(=O)N1c1cccc(C)c1C. The van der Waals surface area contributed by atoms with E-state index in [1.54, 1.807) is 13.2 Å². The molecule has 1 aliphatic heterocycles. The highest BCUT2D eigenvalue weighted by atomic mass is 16.5. The van der Waals surface area contributed by atoms with Crippen LogP contribution in [0.5, 0.6) is 5.75 Å². The Labute approximate surface area is 171 Å². The zero-order chi connectivity index (χ0) is 21.3. The first-order valence-corrected chi connectivity index (χ1v) is 9.76. The van der Waals surface area contributed by atoms with Crippen LogP contribution in [0.1, 0.15) is 43.0 Å². The lowest BCUT2D eigenvalue weighted by Crippen LogP contribution is -2.32. The number of carbonyl (C=O) groups excluding carboxylic acids is 2. The van der Waals surface area contributed by atoms with Crippen molar-refractivity contribution in [1.82, 2.24) is 0 Å². The van der Waals surface area contributed by atoms with Crippen molar-refractivity contribution in [3.8, 4) is 5.75 Å². The van der Waals surface area contributed by atoms with Crippen molar-refractivity contribution in [3.05, 3.63) is 70.5 Å². The molecule has 29 heavy (non-hydrogen) atoms. The molecule has 1 aliphatic rings. The number of nitrogens with zero attached hydrogens (tertiary/aromatic N) is 1. The molecule has 2 aromatic carbocycles. The van der Waals surface area contributed by atoms with Gasteiger partial charge in [-0.25, -0.2) is 0 Å². The molecule has 0 saturated carbocycles. The van der Waals surface area contributed by atoms with E-state index in [2.05, 4.69) is 0 Å². The van der Waals surface area contributed by atoms with Gasteiger partial charge in [-0.2, -0.15) is 0 Å². The van der Waals surface area contributed by atoms with Gasteiger partial charge in [-0.05, 0) is 43.0 Å². The van der Waals surface area contributed by atoms with Crippen LogP contribution < -0.4 is 9.64 Å². The van der Waals surface area contributed by atoms with E-state index in [0.717, 1.165) is 11.1 Å². The molecule has 0 radical (unpaired) electrons. The molecule has 1 unspecified atom stereocenters. The maximum Gasteiger partial charge on any atom is 0.294 e. The topological polar surface area (TPSA) is 66.8 Å². The van der Waals surface area contributed by atoms with E-state index >= 15 is 0 Å². The maximum atomic E-state index is 13.2. The third-order valence-corrected chi connectivity index (χ3v) is 5.37. The van der Waals surface area contributed by atoms with Crippen molar-refractivity contribution < 1.29 is 19.4 Å². The Morgan fingerprint density at radius 2 is 1.83 bits per heavy atom. The number of aryl methyl sites for hydroxylation is 1. The standard InChI is InChI=1S/C24H27NO4/c1-14(2)13-19(26)21-22(17-10-6-7-12-20(17)29-5)25(24(28)23(21)27)18-11-8-9-15(3)16(18)4/h6-12,14,22,27H,13H2,1-5H3. The van der Waals surface area contributed by atoms with Crippen molar-refractivity contribution >= 4 is 17.4 Å². The smallest absolute Gasteiger partial charge is 0.294 e. The molecule has 0 aromatic heterocycles. The van der Waals surface area contributed by atoms with Crippen LogP contribution in [0.25, 0.3) is 0 Å². The number of aliphatic hydroxyl groups excluding tert-OH is 1. The summed E-state index contributed by atoms with van der Waals surface area (Å²) in [5, 5.41) is 10.8. The van der Waals surface area contributed by atoms with Crippen LogP contribution in [0.15, 0.2) is 53.8 Å². The molecule has 1 N–H and O–H groups in total. The van der Waals surface area contributed by atoms with E-state index in [9.17, 15) is 14.7 Å². The fraction of sp³-hybridized carbons (Fsp3) is 0.333. The first-order chi connectivity index (χ1) is 13.8. The third-order valence-electron chi connectivity index (χ3n) is 5.37.